The number of aromatic nitrogens is 1. The van der Waals surface area contributed by atoms with Gasteiger partial charge in [0, 0.05) is 30.3 Å². The molecule has 2 rings (SSSR count). The van der Waals surface area contributed by atoms with E-state index < -0.39 is 18.1 Å². The number of benzene rings is 1. The van der Waals surface area contributed by atoms with Crippen molar-refractivity contribution < 1.29 is 13.2 Å². The second kappa shape index (κ2) is 8.11. The number of pyridine rings is 1. The molecule has 0 radical (unpaired) electrons. The second-order valence-corrected chi connectivity index (χ2v) is 7.54. The Hall–Kier alpha value is -2.37. The molecule has 0 saturated heterocycles. The average Bonchev–Trinajstić information content (AvgIpc) is 2.58. The van der Waals surface area contributed by atoms with E-state index in [1.807, 2.05) is 19.1 Å². The Morgan fingerprint density at radius 1 is 1.15 bits per heavy atom. The van der Waals surface area contributed by atoms with Crippen molar-refractivity contribution in [2.45, 2.75) is 51.6 Å². The Bertz CT molecular complexity index is 775. The van der Waals surface area contributed by atoms with Crippen molar-refractivity contribution in [1.82, 2.24) is 4.98 Å². The van der Waals surface area contributed by atoms with Crippen LogP contribution in [0.15, 0.2) is 36.5 Å². The molecule has 27 heavy (non-hydrogen) atoms. The summed E-state index contributed by atoms with van der Waals surface area (Å²) in [5.41, 5.74) is 2.02. The molecule has 0 aliphatic carbocycles. The van der Waals surface area contributed by atoms with Gasteiger partial charge in [0.2, 0.25) is 0 Å². The largest absolute Gasteiger partial charge is 0.377 e. The van der Waals surface area contributed by atoms with E-state index in [0.717, 1.165) is 24.4 Å². The minimum absolute atomic E-state index is 0.0644. The van der Waals surface area contributed by atoms with Gasteiger partial charge in [-0.25, -0.2) is 13.2 Å². The number of alkyl halides is 3. The maximum atomic E-state index is 14.0. The highest BCUT2D eigenvalue weighted by Crippen LogP contribution is 2.27. The zero-order valence-corrected chi connectivity index (χ0v) is 16.1. The molecule has 0 spiro atoms. The van der Waals surface area contributed by atoms with Crippen molar-refractivity contribution in [2.24, 2.45) is 0 Å². The van der Waals surface area contributed by atoms with Crippen LogP contribution in [0.25, 0.3) is 0 Å². The van der Waals surface area contributed by atoms with Crippen LogP contribution in [0.3, 0.4) is 0 Å². The van der Waals surface area contributed by atoms with Crippen molar-refractivity contribution >= 4 is 11.9 Å². The number of halogens is 3. The lowest BCUT2D eigenvalue weighted by atomic mass is 9.93. The van der Waals surface area contributed by atoms with Crippen LogP contribution in [0.1, 0.15) is 56.0 Å². The van der Waals surface area contributed by atoms with E-state index in [1.54, 1.807) is 18.2 Å². The van der Waals surface area contributed by atoms with Gasteiger partial charge in [-0.1, -0.05) is 31.2 Å². The summed E-state index contributed by atoms with van der Waals surface area (Å²) in [5, 5.41) is 10.2. The van der Waals surface area contributed by atoms with E-state index in [-0.39, 0.29) is 5.92 Å². The Kier molecular flexibility index (Phi) is 6.29. The van der Waals surface area contributed by atoms with Gasteiger partial charge in [-0.2, -0.15) is 0 Å². The molecule has 1 atom stereocenters. The van der Waals surface area contributed by atoms with Crippen LogP contribution in [-0.4, -0.2) is 23.7 Å². The van der Waals surface area contributed by atoms with E-state index >= 15 is 0 Å². The zero-order chi connectivity index (χ0) is 20.2. The van der Waals surface area contributed by atoms with Crippen LogP contribution in [0.4, 0.5) is 18.9 Å². The summed E-state index contributed by atoms with van der Waals surface area (Å²) >= 11 is 0. The SMILES string of the molecule is CC(Cc1ccc(C(C)(C)F)cc1)c1cc(C=N)c(NCC(C)(F)F)cn1. The van der Waals surface area contributed by atoms with Gasteiger partial charge in [-0.05, 0) is 37.5 Å². The zero-order valence-electron chi connectivity index (χ0n) is 16.1. The molecule has 0 amide bonds. The van der Waals surface area contributed by atoms with Crippen molar-refractivity contribution in [3.8, 4) is 0 Å². The first-order valence-electron chi connectivity index (χ1n) is 8.90. The lowest BCUT2D eigenvalue weighted by Crippen LogP contribution is -2.23. The highest BCUT2D eigenvalue weighted by Gasteiger charge is 2.21. The van der Waals surface area contributed by atoms with Crippen LogP contribution in [0.5, 0.6) is 0 Å². The third-order valence-electron chi connectivity index (χ3n) is 4.39. The third kappa shape index (κ3) is 6.08. The Morgan fingerprint density at radius 3 is 2.30 bits per heavy atom. The smallest absolute Gasteiger partial charge is 0.262 e. The number of nitrogens with zero attached hydrogens (tertiary/aromatic N) is 1. The fraction of sp³-hybridized carbons (Fsp3) is 0.429. The van der Waals surface area contributed by atoms with Crippen molar-refractivity contribution in [3.63, 3.8) is 0 Å². The predicted molar refractivity (Wildman–Crippen MR) is 104 cm³/mol. The van der Waals surface area contributed by atoms with Gasteiger partial charge in [0.05, 0.1) is 18.4 Å². The van der Waals surface area contributed by atoms with Gasteiger partial charge in [-0.15, -0.1) is 0 Å². The Labute approximate surface area is 158 Å². The molecule has 0 aliphatic heterocycles. The maximum absolute atomic E-state index is 14.0. The first-order valence-corrected chi connectivity index (χ1v) is 8.90. The molecule has 1 heterocycles. The Morgan fingerprint density at radius 2 is 1.78 bits per heavy atom. The highest BCUT2D eigenvalue weighted by molar-refractivity contribution is 5.85. The summed E-state index contributed by atoms with van der Waals surface area (Å²) < 4.78 is 40.0. The molecule has 6 heteroatoms. The average molecular weight is 377 g/mol. The van der Waals surface area contributed by atoms with Crippen molar-refractivity contribution in [3.05, 3.63) is 58.9 Å². The molecule has 0 bridgehead atoms. The van der Waals surface area contributed by atoms with Crippen molar-refractivity contribution in [1.29, 1.82) is 5.41 Å². The normalized spacial score (nSPS) is 13.3. The number of hydrogen-bond acceptors (Lipinski definition) is 3. The minimum atomic E-state index is -2.84. The lowest BCUT2D eigenvalue weighted by Gasteiger charge is -2.17. The molecule has 0 aliphatic rings. The van der Waals surface area contributed by atoms with Crippen LogP contribution in [0, 0.1) is 5.41 Å². The van der Waals surface area contributed by atoms with E-state index in [0.29, 0.717) is 23.2 Å². The summed E-state index contributed by atoms with van der Waals surface area (Å²) in [4.78, 5) is 4.37. The molecule has 0 saturated carbocycles. The van der Waals surface area contributed by atoms with Gasteiger partial charge in [0.25, 0.3) is 5.92 Å². The standard InChI is InChI=1S/C21H26F3N3/c1-14(9-15-5-7-17(8-6-15)20(2,3)22)18-10-16(11-25)19(12-26-18)27-13-21(4,23)24/h5-8,10-12,14,25,27H,9,13H2,1-4H3. The van der Waals surface area contributed by atoms with E-state index in [2.05, 4.69) is 10.3 Å². The topological polar surface area (TPSA) is 48.8 Å². The minimum Gasteiger partial charge on any atom is -0.377 e. The summed E-state index contributed by atoms with van der Waals surface area (Å²) in [6, 6.07) is 9.13. The molecule has 2 aromatic rings. The number of hydrogen-bond donors (Lipinski definition) is 2. The molecule has 1 aromatic carbocycles. The summed E-state index contributed by atoms with van der Waals surface area (Å²) in [6.45, 7) is 5.39. The van der Waals surface area contributed by atoms with Gasteiger partial charge in [-0.3, -0.25) is 4.98 Å². The molecule has 2 N–H and O–H groups in total. The number of anilines is 1. The fourth-order valence-corrected chi connectivity index (χ4v) is 2.77. The van der Waals surface area contributed by atoms with Gasteiger partial charge >= 0.3 is 0 Å². The Balaban J connectivity index is 2.12. The van der Waals surface area contributed by atoms with Crippen LogP contribution < -0.4 is 5.32 Å². The summed E-state index contributed by atoms with van der Waals surface area (Å²) in [6.07, 6.45) is 3.33. The van der Waals surface area contributed by atoms with Crippen LogP contribution >= 0.6 is 0 Å². The highest BCUT2D eigenvalue weighted by atomic mass is 19.3. The second-order valence-electron chi connectivity index (χ2n) is 7.54. The van der Waals surface area contributed by atoms with E-state index in [1.165, 1.54) is 20.0 Å². The first kappa shape index (κ1) is 20.9. The number of nitrogens with one attached hydrogen (secondary N) is 2. The lowest BCUT2D eigenvalue weighted by molar-refractivity contribution is 0.0367. The number of rotatable bonds is 8. The summed E-state index contributed by atoms with van der Waals surface area (Å²) in [7, 11) is 0. The molecular formula is C21H26F3N3. The fourth-order valence-electron chi connectivity index (χ4n) is 2.77. The van der Waals surface area contributed by atoms with Gasteiger partial charge in [0.15, 0.2) is 0 Å². The molecule has 1 unspecified atom stereocenters. The molecular weight excluding hydrogens is 351 g/mol. The monoisotopic (exact) mass is 377 g/mol. The molecule has 0 fully saturated rings. The van der Waals surface area contributed by atoms with E-state index in [9.17, 15) is 13.2 Å². The predicted octanol–water partition coefficient (Wildman–Crippen LogP) is 5.70. The third-order valence-corrected chi connectivity index (χ3v) is 4.39. The van der Waals surface area contributed by atoms with E-state index in [4.69, 9.17) is 5.41 Å². The first-order chi connectivity index (χ1) is 12.5. The van der Waals surface area contributed by atoms with Crippen LogP contribution in [0.2, 0.25) is 0 Å². The molecule has 146 valence electrons. The molecule has 1 aromatic heterocycles. The van der Waals surface area contributed by atoms with Crippen LogP contribution in [-0.2, 0) is 12.1 Å². The quantitative estimate of drug-likeness (QED) is 0.580. The maximum Gasteiger partial charge on any atom is 0.262 e. The van der Waals surface area contributed by atoms with Gasteiger partial charge < -0.3 is 10.7 Å². The van der Waals surface area contributed by atoms with Gasteiger partial charge in [0.1, 0.15) is 5.67 Å². The molecule has 3 nitrogen and oxygen atoms in total. The van der Waals surface area contributed by atoms with Crippen molar-refractivity contribution in [2.75, 3.05) is 11.9 Å². The summed E-state index contributed by atoms with van der Waals surface area (Å²) in [5.74, 6) is -2.78.